The van der Waals surface area contributed by atoms with E-state index in [9.17, 15) is 9.59 Å². The Morgan fingerprint density at radius 3 is 3.00 bits per heavy atom. The Hall–Kier alpha value is -1.36. The highest BCUT2D eigenvalue weighted by atomic mass is 16.6. The number of rotatable bonds is 4. The maximum absolute atomic E-state index is 12.4. The Kier molecular flexibility index (Phi) is 4.02. The van der Waals surface area contributed by atoms with Crippen LogP contribution < -0.4 is 0 Å². The smallest absolute Gasteiger partial charge is 0.350 e. The van der Waals surface area contributed by atoms with Crippen LogP contribution in [0.4, 0.5) is 0 Å². The summed E-state index contributed by atoms with van der Waals surface area (Å²) in [6, 6.07) is 0. The largest absolute Gasteiger partial charge is 0.463 e. The van der Waals surface area contributed by atoms with Crippen molar-refractivity contribution in [1.82, 2.24) is 0 Å². The fraction of sp³-hybridized carbons (Fsp3) is 0.750. The van der Waals surface area contributed by atoms with Crippen LogP contribution in [0.5, 0.6) is 0 Å². The van der Waals surface area contributed by atoms with Crippen molar-refractivity contribution in [3.05, 3.63) is 12.7 Å². The van der Waals surface area contributed by atoms with E-state index in [1.165, 1.54) is 0 Å². The molecule has 5 heteroatoms. The minimum Gasteiger partial charge on any atom is -0.463 e. The molecule has 2 heterocycles. The van der Waals surface area contributed by atoms with Crippen molar-refractivity contribution in [2.24, 2.45) is 5.92 Å². The normalized spacial score (nSPS) is 38.7. The van der Waals surface area contributed by atoms with Gasteiger partial charge in [-0.05, 0) is 44.4 Å². The molecule has 0 amide bonds. The SMILES string of the molecule is C=CC(=O)OC1(CC2CCC3OC3C2)CCCCOC1=O. The van der Waals surface area contributed by atoms with Crippen molar-refractivity contribution in [1.29, 1.82) is 0 Å². The minimum atomic E-state index is -1.13. The molecule has 0 bridgehead atoms. The van der Waals surface area contributed by atoms with Crippen LogP contribution in [0.3, 0.4) is 0 Å². The highest BCUT2D eigenvalue weighted by Gasteiger charge is 2.50. The number of ether oxygens (including phenoxy) is 3. The summed E-state index contributed by atoms with van der Waals surface area (Å²) < 4.78 is 16.3. The molecule has 2 saturated heterocycles. The summed E-state index contributed by atoms with van der Waals surface area (Å²) in [5.41, 5.74) is -1.13. The number of carbonyl (C=O) groups is 2. The van der Waals surface area contributed by atoms with Crippen molar-refractivity contribution in [3.8, 4) is 0 Å². The Bertz CT molecular complexity index is 446. The summed E-state index contributed by atoms with van der Waals surface area (Å²) in [6.45, 7) is 3.83. The monoisotopic (exact) mass is 294 g/mol. The summed E-state index contributed by atoms with van der Waals surface area (Å²) >= 11 is 0. The Morgan fingerprint density at radius 1 is 1.38 bits per heavy atom. The number of hydrogen-bond donors (Lipinski definition) is 0. The summed E-state index contributed by atoms with van der Waals surface area (Å²) in [5, 5.41) is 0. The summed E-state index contributed by atoms with van der Waals surface area (Å²) in [6.07, 6.45) is 7.61. The number of fused-ring (bicyclic) bond motifs is 1. The predicted octanol–water partition coefficient (Wildman–Crippen LogP) is 2.14. The molecular formula is C16H22O5. The van der Waals surface area contributed by atoms with Gasteiger partial charge in [0.25, 0.3) is 0 Å². The van der Waals surface area contributed by atoms with E-state index in [0.29, 0.717) is 37.6 Å². The molecule has 3 rings (SSSR count). The van der Waals surface area contributed by atoms with E-state index in [0.717, 1.165) is 38.2 Å². The second-order valence-corrected chi connectivity index (χ2v) is 6.31. The standard InChI is InChI=1S/C16H22O5/c1-2-14(17)21-16(7-3-4-8-19-15(16)18)10-11-5-6-12-13(9-11)20-12/h2,11-13H,1,3-10H2. The lowest BCUT2D eigenvalue weighted by molar-refractivity contribution is -0.181. The van der Waals surface area contributed by atoms with Gasteiger partial charge in [-0.25, -0.2) is 9.59 Å². The molecule has 2 aliphatic heterocycles. The molecule has 0 aromatic heterocycles. The van der Waals surface area contributed by atoms with Gasteiger partial charge in [-0.3, -0.25) is 0 Å². The van der Waals surface area contributed by atoms with Gasteiger partial charge in [0, 0.05) is 12.5 Å². The molecule has 0 radical (unpaired) electrons. The van der Waals surface area contributed by atoms with Crippen LogP contribution >= 0.6 is 0 Å². The van der Waals surface area contributed by atoms with E-state index in [1.807, 2.05) is 0 Å². The topological polar surface area (TPSA) is 65.1 Å². The first-order valence-corrected chi connectivity index (χ1v) is 7.81. The predicted molar refractivity (Wildman–Crippen MR) is 74.4 cm³/mol. The van der Waals surface area contributed by atoms with Crippen molar-refractivity contribution in [3.63, 3.8) is 0 Å². The lowest BCUT2D eigenvalue weighted by atomic mass is 9.79. The van der Waals surface area contributed by atoms with Crippen molar-refractivity contribution >= 4 is 11.9 Å². The average Bonchev–Trinajstić information content (AvgIpc) is 3.25. The number of carbonyl (C=O) groups excluding carboxylic acids is 2. The van der Waals surface area contributed by atoms with E-state index < -0.39 is 17.5 Å². The molecule has 4 atom stereocenters. The van der Waals surface area contributed by atoms with Gasteiger partial charge < -0.3 is 14.2 Å². The summed E-state index contributed by atoms with van der Waals surface area (Å²) in [4.78, 5) is 24.1. The van der Waals surface area contributed by atoms with Crippen LogP contribution in [0.2, 0.25) is 0 Å². The van der Waals surface area contributed by atoms with Gasteiger partial charge in [0.05, 0.1) is 18.8 Å². The molecule has 1 saturated carbocycles. The molecule has 21 heavy (non-hydrogen) atoms. The first-order chi connectivity index (χ1) is 10.1. The Labute approximate surface area is 124 Å². The number of hydrogen-bond acceptors (Lipinski definition) is 5. The van der Waals surface area contributed by atoms with Crippen molar-refractivity contribution in [2.45, 2.75) is 62.8 Å². The lowest BCUT2D eigenvalue weighted by Gasteiger charge is -2.33. The van der Waals surface area contributed by atoms with E-state index in [2.05, 4.69) is 6.58 Å². The average molecular weight is 294 g/mol. The molecule has 116 valence electrons. The van der Waals surface area contributed by atoms with Gasteiger partial charge in [-0.2, -0.15) is 0 Å². The molecule has 0 aromatic rings. The maximum atomic E-state index is 12.4. The third kappa shape index (κ3) is 3.12. The van der Waals surface area contributed by atoms with Crippen LogP contribution in [0.15, 0.2) is 12.7 Å². The van der Waals surface area contributed by atoms with Crippen LogP contribution in [0, 0.1) is 5.92 Å². The fourth-order valence-electron chi connectivity index (χ4n) is 3.60. The molecule has 3 aliphatic rings. The van der Waals surface area contributed by atoms with Crippen LogP contribution in [0.1, 0.15) is 44.9 Å². The van der Waals surface area contributed by atoms with Gasteiger partial charge in [0.15, 0.2) is 0 Å². The summed E-state index contributed by atoms with van der Waals surface area (Å²) in [5.74, 6) is -0.601. The van der Waals surface area contributed by atoms with Gasteiger partial charge >= 0.3 is 11.9 Å². The van der Waals surface area contributed by atoms with E-state index >= 15 is 0 Å². The molecule has 0 N–H and O–H groups in total. The van der Waals surface area contributed by atoms with E-state index in [-0.39, 0.29) is 0 Å². The van der Waals surface area contributed by atoms with Crippen molar-refractivity contribution in [2.75, 3.05) is 6.61 Å². The second kappa shape index (κ2) is 5.79. The van der Waals surface area contributed by atoms with E-state index in [1.54, 1.807) is 0 Å². The quantitative estimate of drug-likeness (QED) is 0.451. The Balaban J connectivity index is 1.74. The molecule has 0 aromatic carbocycles. The van der Waals surface area contributed by atoms with Gasteiger partial charge in [0.1, 0.15) is 0 Å². The van der Waals surface area contributed by atoms with Crippen molar-refractivity contribution < 1.29 is 23.8 Å². The zero-order valence-corrected chi connectivity index (χ0v) is 12.2. The maximum Gasteiger partial charge on any atom is 0.350 e. The van der Waals surface area contributed by atoms with E-state index in [4.69, 9.17) is 14.2 Å². The van der Waals surface area contributed by atoms with Gasteiger partial charge in [-0.15, -0.1) is 0 Å². The first kappa shape index (κ1) is 14.6. The lowest BCUT2D eigenvalue weighted by Crippen LogP contribution is -2.45. The number of cyclic esters (lactones) is 1. The molecule has 1 aliphatic carbocycles. The molecule has 4 unspecified atom stereocenters. The minimum absolute atomic E-state index is 0.344. The molecule has 3 fully saturated rings. The highest BCUT2D eigenvalue weighted by molar-refractivity contribution is 5.87. The number of epoxide rings is 1. The van der Waals surface area contributed by atoms with Crippen LogP contribution in [0.25, 0.3) is 0 Å². The Morgan fingerprint density at radius 2 is 2.24 bits per heavy atom. The van der Waals surface area contributed by atoms with Crippen LogP contribution in [-0.2, 0) is 23.8 Å². The zero-order chi connectivity index (χ0) is 14.9. The molecule has 5 nitrogen and oxygen atoms in total. The zero-order valence-electron chi connectivity index (χ0n) is 12.2. The number of esters is 2. The van der Waals surface area contributed by atoms with Gasteiger partial charge in [0.2, 0.25) is 5.60 Å². The first-order valence-electron chi connectivity index (χ1n) is 7.81. The highest BCUT2D eigenvalue weighted by Crippen LogP contribution is 2.44. The fourth-order valence-corrected chi connectivity index (χ4v) is 3.60. The molecule has 0 spiro atoms. The van der Waals surface area contributed by atoms with Gasteiger partial charge in [-0.1, -0.05) is 6.58 Å². The van der Waals surface area contributed by atoms with Crippen LogP contribution in [-0.4, -0.2) is 36.4 Å². The molecular weight excluding hydrogens is 272 g/mol. The second-order valence-electron chi connectivity index (χ2n) is 6.31. The third-order valence-corrected chi connectivity index (χ3v) is 4.77. The summed E-state index contributed by atoms with van der Waals surface area (Å²) in [7, 11) is 0. The third-order valence-electron chi connectivity index (χ3n) is 4.77.